The van der Waals surface area contributed by atoms with Crippen LogP contribution in [0.4, 0.5) is 0 Å². The van der Waals surface area contributed by atoms with Crippen LogP contribution in [0.1, 0.15) is 23.6 Å². The fourth-order valence-electron chi connectivity index (χ4n) is 1.83. The van der Waals surface area contributed by atoms with E-state index in [4.69, 9.17) is 4.84 Å². The third kappa shape index (κ3) is 1.68. The van der Waals surface area contributed by atoms with Gasteiger partial charge in [-0.3, -0.25) is 9.82 Å². The summed E-state index contributed by atoms with van der Waals surface area (Å²) >= 11 is 0. The van der Waals surface area contributed by atoms with Gasteiger partial charge in [0.05, 0.1) is 12.6 Å². The van der Waals surface area contributed by atoms with E-state index < -0.39 is 0 Å². The van der Waals surface area contributed by atoms with Crippen LogP contribution in [0.5, 0.6) is 0 Å². The van der Waals surface area contributed by atoms with Gasteiger partial charge in [-0.1, -0.05) is 0 Å². The number of aromatic nitrogens is 1. The first-order valence-electron chi connectivity index (χ1n) is 4.76. The van der Waals surface area contributed by atoms with Crippen LogP contribution >= 0.6 is 9.24 Å². The molecule has 2 heterocycles. The molecule has 1 aromatic heterocycles. The highest BCUT2D eigenvalue weighted by atomic mass is 31.0. The van der Waals surface area contributed by atoms with Crippen molar-refractivity contribution >= 4 is 14.5 Å². The van der Waals surface area contributed by atoms with Crippen molar-refractivity contribution in [1.29, 1.82) is 0 Å². The molecule has 0 aliphatic carbocycles. The number of pyridine rings is 1. The van der Waals surface area contributed by atoms with Crippen molar-refractivity contribution in [2.75, 3.05) is 13.7 Å². The van der Waals surface area contributed by atoms with E-state index in [2.05, 4.69) is 21.1 Å². The second kappa shape index (κ2) is 3.93. The topological polar surface area (TPSA) is 25.4 Å². The van der Waals surface area contributed by atoms with E-state index in [1.807, 2.05) is 24.5 Å². The predicted molar refractivity (Wildman–Crippen MR) is 59.4 cm³/mol. The van der Waals surface area contributed by atoms with Gasteiger partial charge in [-0.2, -0.15) is 5.06 Å². The summed E-state index contributed by atoms with van der Waals surface area (Å²) in [6, 6.07) is 0.364. The third-order valence-corrected chi connectivity index (χ3v) is 3.36. The largest absolute Gasteiger partial charge is 0.299 e. The van der Waals surface area contributed by atoms with Crippen molar-refractivity contribution in [1.82, 2.24) is 10.0 Å². The average molecular weight is 210 g/mol. The molecule has 1 aliphatic rings. The van der Waals surface area contributed by atoms with Crippen LogP contribution in [0.3, 0.4) is 0 Å². The van der Waals surface area contributed by atoms with Gasteiger partial charge in [-0.05, 0) is 29.8 Å². The molecule has 0 saturated carbocycles. The highest BCUT2D eigenvalue weighted by molar-refractivity contribution is 7.27. The molecular formula is C10H15N2OP. The number of hydroxylamine groups is 2. The number of rotatable bonds is 1. The molecule has 1 aliphatic heterocycles. The molecular weight excluding hydrogens is 195 g/mol. The minimum absolute atomic E-state index is 0.364. The van der Waals surface area contributed by atoms with Crippen LogP contribution in [-0.4, -0.2) is 23.7 Å². The molecule has 1 fully saturated rings. The number of hydrogen-bond acceptors (Lipinski definition) is 3. The monoisotopic (exact) mass is 210 g/mol. The molecule has 0 bridgehead atoms. The van der Waals surface area contributed by atoms with Crippen LogP contribution in [0.25, 0.3) is 0 Å². The summed E-state index contributed by atoms with van der Waals surface area (Å²) in [5, 5.41) is 3.09. The Labute approximate surface area is 86.6 Å². The van der Waals surface area contributed by atoms with Crippen LogP contribution in [0.15, 0.2) is 12.4 Å². The molecule has 0 amide bonds. The summed E-state index contributed by atoms with van der Waals surface area (Å²) < 4.78 is 0. The molecule has 1 unspecified atom stereocenters. The molecule has 2 atom stereocenters. The van der Waals surface area contributed by atoms with Gasteiger partial charge < -0.3 is 0 Å². The van der Waals surface area contributed by atoms with Crippen molar-refractivity contribution in [3.05, 3.63) is 23.5 Å². The molecule has 0 spiro atoms. The molecule has 2 rings (SSSR count). The summed E-state index contributed by atoms with van der Waals surface area (Å²) in [6.45, 7) is 2.94. The number of hydrogen-bond donors (Lipinski definition) is 0. The lowest BCUT2D eigenvalue weighted by Gasteiger charge is -2.19. The standard InChI is InChI=1S/C10H15N2OP/c1-7-8(5-11-6-10(7)14)9-3-4-13-12(9)2/h5-6,9H,3-4,14H2,1-2H3/t9-/m0/s1. The molecule has 1 aromatic rings. The van der Waals surface area contributed by atoms with E-state index in [-0.39, 0.29) is 0 Å². The first-order chi connectivity index (χ1) is 6.70. The zero-order valence-electron chi connectivity index (χ0n) is 8.53. The summed E-state index contributed by atoms with van der Waals surface area (Å²) in [6.07, 6.45) is 4.87. The van der Waals surface area contributed by atoms with Crippen molar-refractivity contribution in [3.8, 4) is 0 Å². The predicted octanol–water partition coefficient (Wildman–Crippen LogP) is 1.20. The molecule has 0 aromatic carbocycles. The lowest BCUT2D eigenvalue weighted by Crippen LogP contribution is -2.19. The van der Waals surface area contributed by atoms with Crippen LogP contribution < -0.4 is 5.30 Å². The first-order valence-corrected chi connectivity index (χ1v) is 5.33. The van der Waals surface area contributed by atoms with Gasteiger partial charge in [0.1, 0.15) is 0 Å². The van der Waals surface area contributed by atoms with E-state index in [0.29, 0.717) is 6.04 Å². The highest BCUT2D eigenvalue weighted by Gasteiger charge is 2.25. The Hall–Kier alpha value is -0.500. The summed E-state index contributed by atoms with van der Waals surface area (Å²) in [7, 11) is 4.70. The van der Waals surface area contributed by atoms with E-state index >= 15 is 0 Å². The average Bonchev–Trinajstić information content (AvgIpc) is 2.57. The Morgan fingerprint density at radius 2 is 2.36 bits per heavy atom. The maximum atomic E-state index is 5.41. The smallest absolute Gasteiger partial charge is 0.0704 e. The SMILES string of the molecule is Cc1c(P)cncc1[C@@H]1CCON1C. The summed E-state index contributed by atoms with van der Waals surface area (Å²) in [5.74, 6) is 0. The van der Waals surface area contributed by atoms with E-state index in [1.165, 1.54) is 16.4 Å². The fourth-order valence-corrected chi connectivity index (χ4v) is 2.08. The quantitative estimate of drug-likeness (QED) is 0.651. The maximum absolute atomic E-state index is 5.41. The zero-order valence-corrected chi connectivity index (χ0v) is 9.68. The molecule has 76 valence electrons. The minimum Gasteiger partial charge on any atom is -0.299 e. The summed E-state index contributed by atoms with van der Waals surface area (Å²) in [5.41, 5.74) is 2.57. The Kier molecular flexibility index (Phi) is 2.82. The molecule has 4 heteroatoms. The Balaban J connectivity index is 2.36. The van der Waals surface area contributed by atoms with Crippen LogP contribution in [0.2, 0.25) is 0 Å². The summed E-state index contributed by atoms with van der Waals surface area (Å²) in [4.78, 5) is 9.63. The molecule has 14 heavy (non-hydrogen) atoms. The van der Waals surface area contributed by atoms with Gasteiger partial charge in [0, 0.05) is 19.4 Å². The lowest BCUT2D eigenvalue weighted by atomic mass is 10.0. The van der Waals surface area contributed by atoms with E-state index in [1.54, 1.807) is 0 Å². The zero-order chi connectivity index (χ0) is 10.1. The first kappa shape index (κ1) is 10.0. The Morgan fingerprint density at radius 3 is 3.00 bits per heavy atom. The third-order valence-electron chi connectivity index (χ3n) is 2.78. The molecule has 0 N–H and O–H groups in total. The highest BCUT2D eigenvalue weighted by Crippen LogP contribution is 2.29. The van der Waals surface area contributed by atoms with Crippen molar-refractivity contribution < 1.29 is 4.84 Å². The Morgan fingerprint density at radius 1 is 1.57 bits per heavy atom. The van der Waals surface area contributed by atoms with Gasteiger partial charge in [0.25, 0.3) is 0 Å². The van der Waals surface area contributed by atoms with Gasteiger partial charge in [-0.15, -0.1) is 9.24 Å². The fraction of sp³-hybridized carbons (Fsp3) is 0.500. The molecule has 3 nitrogen and oxygen atoms in total. The normalized spacial score (nSPS) is 22.9. The van der Waals surface area contributed by atoms with Crippen molar-refractivity contribution in [2.24, 2.45) is 0 Å². The van der Waals surface area contributed by atoms with Crippen LogP contribution in [-0.2, 0) is 4.84 Å². The second-order valence-electron chi connectivity index (χ2n) is 3.63. The van der Waals surface area contributed by atoms with Crippen molar-refractivity contribution in [3.63, 3.8) is 0 Å². The van der Waals surface area contributed by atoms with Gasteiger partial charge >= 0.3 is 0 Å². The van der Waals surface area contributed by atoms with Gasteiger partial charge in [0.2, 0.25) is 0 Å². The second-order valence-corrected chi connectivity index (χ2v) is 4.25. The minimum atomic E-state index is 0.364. The molecule has 1 saturated heterocycles. The number of nitrogens with zero attached hydrogens (tertiary/aromatic N) is 2. The lowest BCUT2D eigenvalue weighted by molar-refractivity contribution is -0.110. The maximum Gasteiger partial charge on any atom is 0.0704 e. The van der Waals surface area contributed by atoms with Gasteiger partial charge in [0.15, 0.2) is 0 Å². The van der Waals surface area contributed by atoms with E-state index in [0.717, 1.165) is 13.0 Å². The Bertz CT molecular complexity index is 343. The van der Waals surface area contributed by atoms with Crippen molar-refractivity contribution in [2.45, 2.75) is 19.4 Å². The van der Waals surface area contributed by atoms with E-state index in [9.17, 15) is 0 Å². The van der Waals surface area contributed by atoms with Crippen LogP contribution in [0, 0.1) is 6.92 Å². The molecule has 0 radical (unpaired) electrons. The van der Waals surface area contributed by atoms with Gasteiger partial charge in [-0.25, -0.2) is 0 Å².